The molecule has 19 heavy (non-hydrogen) atoms. The molecule has 1 unspecified atom stereocenters. The Hall–Kier alpha value is -1.90. The van der Waals surface area contributed by atoms with Crippen LogP contribution in [0.3, 0.4) is 0 Å². The van der Waals surface area contributed by atoms with Crippen molar-refractivity contribution in [2.75, 3.05) is 31.6 Å². The zero-order valence-electron chi connectivity index (χ0n) is 11.0. The molecule has 0 aromatic heterocycles. The Bertz CT molecular complexity index is 491. The summed E-state index contributed by atoms with van der Waals surface area (Å²) in [7, 11) is 1.95. The maximum atomic E-state index is 12.4. The highest BCUT2D eigenvalue weighted by atomic mass is 16.2. The first-order valence-electron chi connectivity index (χ1n) is 6.39. The van der Waals surface area contributed by atoms with E-state index in [1.165, 1.54) is 0 Å². The third-order valence-electron chi connectivity index (χ3n) is 3.51. The van der Waals surface area contributed by atoms with E-state index in [1.807, 2.05) is 19.2 Å². The molecule has 1 aromatic rings. The molecule has 0 aliphatic carbocycles. The van der Waals surface area contributed by atoms with E-state index in [1.54, 1.807) is 17.0 Å². The zero-order chi connectivity index (χ0) is 13.8. The second kappa shape index (κ2) is 5.83. The minimum absolute atomic E-state index is 0.0870. The number of nitrogens with zero attached hydrogens (tertiary/aromatic N) is 3. The number of amides is 1. The van der Waals surface area contributed by atoms with Crippen LogP contribution in [-0.4, -0.2) is 43.5 Å². The van der Waals surface area contributed by atoms with Crippen molar-refractivity contribution in [1.82, 2.24) is 4.90 Å². The smallest absolute Gasteiger partial charge is 0.244 e. The molecule has 5 heteroatoms. The third kappa shape index (κ3) is 2.75. The number of carbonyl (C=O) groups is 1. The Morgan fingerprint density at radius 3 is 2.63 bits per heavy atom. The van der Waals surface area contributed by atoms with E-state index in [4.69, 9.17) is 11.0 Å². The number of hydrogen-bond donors (Lipinski definition) is 1. The molecule has 1 fully saturated rings. The molecule has 0 radical (unpaired) electrons. The molecule has 1 atom stereocenters. The van der Waals surface area contributed by atoms with Crippen LogP contribution in [0.25, 0.3) is 0 Å². The molecule has 1 aromatic carbocycles. The van der Waals surface area contributed by atoms with Crippen LogP contribution in [-0.2, 0) is 4.79 Å². The van der Waals surface area contributed by atoms with Gasteiger partial charge in [0.15, 0.2) is 0 Å². The van der Waals surface area contributed by atoms with E-state index in [9.17, 15) is 4.79 Å². The van der Waals surface area contributed by atoms with Crippen LogP contribution in [0.4, 0.5) is 5.69 Å². The van der Waals surface area contributed by atoms with Crippen molar-refractivity contribution in [3.8, 4) is 6.07 Å². The number of carbonyl (C=O) groups excluding carboxylic acids is 1. The van der Waals surface area contributed by atoms with Gasteiger partial charge in [-0.05, 0) is 44.3 Å². The monoisotopic (exact) mass is 258 g/mol. The molecule has 1 aliphatic heterocycles. The molecule has 0 spiro atoms. The maximum absolute atomic E-state index is 12.4. The molecule has 0 saturated carbocycles. The summed E-state index contributed by atoms with van der Waals surface area (Å²) in [6.07, 6.45) is 0.669. The van der Waals surface area contributed by atoms with E-state index in [0.29, 0.717) is 25.1 Å². The highest BCUT2D eigenvalue weighted by molar-refractivity contribution is 5.98. The molecular formula is C14H18N4O. The Labute approximate surface area is 113 Å². The van der Waals surface area contributed by atoms with Crippen LogP contribution >= 0.6 is 0 Å². The van der Waals surface area contributed by atoms with Gasteiger partial charge in [-0.2, -0.15) is 5.26 Å². The average Bonchev–Trinajstić information content (AvgIpc) is 2.44. The highest BCUT2D eigenvalue weighted by Gasteiger charge is 2.32. The minimum atomic E-state index is -0.144. The van der Waals surface area contributed by atoms with E-state index in [2.05, 4.69) is 11.0 Å². The number of likely N-dealkylation sites (N-methyl/N-ethyl adjacent to an activating group) is 1. The van der Waals surface area contributed by atoms with Gasteiger partial charge < -0.3 is 10.6 Å². The van der Waals surface area contributed by atoms with Crippen molar-refractivity contribution >= 4 is 11.6 Å². The lowest BCUT2D eigenvalue weighted by Crippen LogP contribution is -2.56. The van der Waals surface area contributed by atoms with Gasteiger partial charge >= 0.3 is 0 Å². The standard InChI is InChI=1S/C14H18N4O/c1-17-8-9-18(14(19)13(17)6-7-15)12-4-2-11(10-16)3-5-12/h2-5,13H,6-9,15H2,1H3. The number of nitriles is 1. The van der Waals surface area contributed by atoms with Crippen molar-refractivity contribution in [2.45, 2.75) is 12.5 Å². The summed E-state index contributed by atoms with van der Waals surface area (Å²) < 4.78 is 0. The fourth-order valence-corrected chi connectivity index (χ4v) is 2.37. The second-order valence-electron chi connectivity index (χ2n) is 4.72. The number of nitrogens with two attached hydrogens (primary N) is 1. The molecule has 1 saturated heterocycles. The molecule has 2 rings (SSSR count). The maximum Gasteiger partial charge on any atom is 0.244 e. The zero-order valence-corrected chi connectivity index (χ0v) is 11.0. The molecule has 1 amide bonds. The van der Waals surface area contributed by atoms with Crippen molar-refractivity contribution in [1.29, 1.82) is 5.26 Å². The van der Waals surface area contributed by atoms with Crippen LogP contribution in [0.15, 0.2) is 24.3 Å². The van der Waals surface area contributed by atoms with Crippen molar-refractivity contribution < 1.29 is 4.79 Å². The number of hydrogen-bond acceptors (Lipinski definition) is 4. The molecule has 100 valence electrons. The first-order chi connectivity index (χ1) is 9.17. The van der Waals surface area contributed by atoms with Crippen LogP contribution in [0, 0.1) is 11.3 Å². The van der Waals surface area contributed by atoms with Crippen LogP contribution in [0.5, 0.6) is 0 Å². The fourth-order valence-electron chi connectivity index (χ4n) is 2.37. The summed E-state index contributed by atoms with van der Waals surface area (Å²) in [6, 6.07) is 9.04. The Morgan fingerprint density at radius 1 is 1.37 bits per heavy atom. The summed E-state index contributed by atoms with van der Waals surface area (Å²) in [5, 5.41) is 8.79. The van der Waals surface area contributed by atoms with Gasteiger partial charge in [0.1, 0.15) is 0 Å². The third-order valence-corrected chi connectivity index (χ3v) is 3.51. The van der Waals surface area contributed by atoms with Crippen molar-refractivity contribution in [3.05, 3.63) is 29.8 Å². The molecule has 2 N–H and O–H groups in total. The van der Waals surface area contributed by atoms with Crippen molar-refractivity contribution in [3.63, 3.8) is 0 Å². The van der Waals surface area contributed by atoms with Gasteiger partial charge in [0.2, 0.25) is 5.91 Å². The summed E-state index contributed by atoms with van der Waals surface area (Å²) in [4.78, 5) is 16.3. The lowest BCUT2D eigenvalue weighted by molar-refractivity contribution is -0.125. The molecule has 0 bridgehead atoms. The van der Waals surface area contributed by atoms with Gasteiger partial charge in [-0.15, -0.1) is 0 Å². The quantitative estimate of drug-likeness (QED) is 0.859. The minimum Gasteiger partial charge on any atom is -0.330 e. The number of anilines is 1. The van der Waals surface area contributed by atoms with Gasteiger partial charge in [-0.1, -0.05) is 0 Å². The molecule has 5 nitrogen and oxygen atoms in total. The van der Waals surface area contributed by atoms with Gasteiger partial charge in [0.05, 0.1) is 17.7 Å². The predicted molar refractivity (Wildman–Crippen MR) is 73.6 cm³/mol. The highest BCUT2D eigenvalue weighted by Crippen LogP contribution is 2.21. The Balaban J connectivity index is 2.19. The SMILES string of the molecule is CN1CCN(c2ccc(C#N)cc2)C(=O)C1CCN. The normalized spacial score (nSPS) is 20.4. The molecular weight excluding hydrogens is 240 g/mol. The average molecular weight is 258 g/mol. The fraction of sp³-hybridized carbons (Fsp3) is 0.429. The Kier molecular flexibility index (Phi) is 4.15. The number of benzene rings is 1. The second-order valence-corrected chi connectivity index (χ2v) is 4.72. The van der Waals surface area contributed by atoms with Crippen LogP contribution in [0.1, 0.15) is 12.0 Å². The first-order valence-corrected chi connectivity index (χ1v) is 6.39. The lowest BCUT2D eigenvalue weighted by atomic mass is 10.1. The van der Waals surface area contributed by atoms with E-state index >= 15 is 0 Å². The number of rotatable bonds is 3. The summed E-state index contributed by atoms with van der Waals surface area (Å²) in [5.74, 6) is 0.0870. The number of piperazine rings is 1. The van der Waals surface area contributed by atoms with Crippen LogP contribution in [0.2, 0.25) is 0 Å². The molecule has 1 heterocycles. The van der Waals surface area contributed by atoms with Gasteiger partial charge in [-0.25, -0.2) is 0 Å². The topological polar surface area (TPSA) is 73.4 Å². The summed E-state index contributed by atoms with van der Waals surface area (Å²) >= 11 is 0. The predicted octanol–water partition coefficient (Wildman–Crippen LogP) is 0.554. The summed E-state index contributed by atoms with van der Waals surface area (Å²) in [6.45, 7) is 2.00. The van der Waals surface area contributed by atoms with E-state index in [0.717, 1.165) is 12.2 Å². The first kappa shape index (κ1) is 13.5. The van der Waals surface area contributed by atoms with Gasteiger partial charge in [-0.3, -0.25) is 9.69 Å². The van der Waals surface area contributed by atoms with E-state index in [-0.39, 0.29) is 11.9 Å². The van der Waals surface area contributed by atoms with Gasteiger partial charge in [0, 0.05) is 18.8 Å². The lowest BCUT2D eigenvalue weighted by Gasteiger charge is -2.38. The van der Waals surface area contributed by atoms with Gasteiger partial charge in [0.25, 0.3) is 0 Å². The largest absolute Gasteiger partial charge is 0.330 e. The molecule has 1 aliphatic rings. The summed E-state index contributed by atoms with van der Waals surface area (Å²) in [5.41, 5.74) is 7.02. The van der Waals surface area contributed by atoms with Crippen molar-refractivity contribution in [2.24, 2.45) is 5.73 Å². The van der Waals surface area contributed by atoms with Crippen LogP contribution < -0.4 is 10.6 Å². The Morgan fingerprint density at radius 2 is 2.05 bits per heavy atom. The van der Waals surface area contributed by atoms with E-state index < -0.39 is 0 Å².